The van der Waals surface area contributed by atoms with Crippen LogP contribution in [0, 0.1) is 10.1 Å². The molecular formula is C15H16N4O3. The minimum atomic E-state index is -0.465. The maximum absolute atomic E-state index is 11.9. The van der Waals surface area contributed by atoms with Gasteiger partial charge in [-0.05, 0) is 37.6 Å². The van der Waals surface area contributed by atoms with Crippen LogP contribution in [-0.4, -0.2) is 20.6 Å². The zero-order chi connectivity index (χ0) is 16.1. The normalized spacial score (nSPS) is 11.0. The van der Waals surface area contributed by atoms with Crippen molar-refractivity contribution in [1.82, 2.24) is 9.78 Å². The highest BCUT2D eigenvalue weighted by Gasteiger charge is 2.07. The third-order valence-electron chi connectivity index (χ3n) is 2.94. The van der Waals surface area contributed by atoms with Crippen molar-refractivity contribution in [2.24, 2.45) is 0 Å². The lowest BCUT2D eigenvalue weighted by Gasteiger charge is -2.10. The fourth-order valence-corrected chi connectivity index (χ4v) is 1.87. The Morgan fingerprint density at radius 3 is 2.59 bits per heavy atom. The average Bonchev–Trinajstić information content (AvgIpc) is 2.94. The molecule has 114 valence electrons. The van der Waals surface area contributed by atoms with Gasteiger partial charge in [0.2, 0.25) is 5.91 Å². The number of anilines is 1. The summed E-state index contributed by atoms with van der Waals surface area (Å²) < 4.78 is 1.71. The predicted molar refractivity (Wildman–Crippen MR) is 83.4 cm³/mol. The Kier molecular flexibility index (Phi) is 4.67. The second-order valence-corrected chi connectivity index (χ2v) is 4.93. The van der Waals surface area contributed by atoms with E-state index in [2.05, 4.69) is 10.4 Å². The first kappa shape index (κ1) is 15.4. The summed E-state index contributed by atoms with van der Waals surface area (Å²) >= 11 is 0. The second kappa shape index (κ2) is 6.66. The molecule has 22 heavy (non-hydrogen) atoms. The standard InChI is InChI=1S/C15H16N4O3/c1-11(2)18-14(9-10-16-18)17-15(20)8-5-12-3-6-13(7-4-12)19(21)22/h3-11H,1-2H3,(H,17,20). The summed E-state index contributed by atoms with van der Waals surface area (Å²) in [6, 6.07) is 7.82. The van der Waals surface area contributed by atoms with Gasteiger partial charge in [-0.2, -0.15) is 5.10 Å². The van der Waals surface area contributed by atoms with Crippen LogP contribution in [0.15, 0.2) is 42.6 Å². The highest BCUT2D eigenvalue weighted by Crippen LogP contribution is 2.14. The van der Waals surface area contributed by atoms with Crippen molar-refractivity contribution in [3.05, 3.63) is 58.3 Å². The molecule has 0 spiro atoms. The second-order valence-electron chi connectivity index (χ2n) is 4.93. The van der Waals surface area contributed by atoms with E-state index in [4.69, 9.17) is 0 Å². The molecule has 1 amide bonds. The fraction of sp³-hybridized carbons (Fsp3) is 0.200. The van der Waals surface area contributed by atoms with Crippen LogP contribution in [0.1, 0.15) is 25.5 Å². The molecule has 0 aliphatic heterocycles. The number of nitro benzene ring substituents is 1. The van der Waals surface area contributed by atoms with E-state index in [1.54, 1.807) is 35.2 Å². The van der Waals surface area contributed by atoms with E-state index in [0.717, 1.165) is 0 Å². The first-order valence-corrected chi connectivity index (χ1v) is 6.74. The van der Waals surface area contributed by atoms with Gasteiger partial charge in [-0.3, -0.25) is 14.9 Å². The molecule has 2 rings (SSSR count). The molecular weight excluding hydrogens is 284 g/mol. The monoisotopic (exact) mass is 300 g/mol. The number of aromatic nitrogens is 2. The number of amides is 1. The topological polar surface area (TPSA) is 90.1 Å². The number of rotatable bonds is 5. The minimum Gasteiger partial charge on any atom is -0.307 e. The summed E-state index contributed by atoms with van der Waals surface area (Å²) in [5.41, 5.74) is 0.723. The van der Waals surface area contributed by atoms with E-state index in [-0.39, 0.29) is 17.6 Å². The van der Waals surface area contributed by atoms with Crippen molar-refractivity contribution in [2.45, 2.75) is 19.9 Å². The Bertz CT molecular complexity index is 702. The molecule has 0 saturated heterocycles. The molecule has 1 heterocycles. The maximum Gasteiger partial charge on any atom is 0.269 e. The summed E-state index contributed by atoms with van der Waals surface area (Å²) in [7, 11) is 0. The van der Waals surface area contributed by atoms with Crippen LogP contribution in [0.2, 0.25) is 0 Å². The Morgan fingerprint density at radius 1 is 1.32 bits per heavy atom. The zero-order valence-electron chi connectivity index (χ0n) is 12.3. The van der Waals surface area contributed by atoms with Gasteiger partial charge in [0.1, 0.15) is 5.82 Å². The van der Waals surface area contributed by atoms with Gasteiger partial charge >= 0.3 is 0 Å². The van der Waals surface area contributed by atoms with E-state index < -0.39 is 4.92 Å². The van der Waals surface area contributed by atoms with Crippen LogP contribution in [0.4, 0.5) is 11.5 Å². The fourth-order valence-electron chi connectivity index (χ4n) is 1.87. The van der Waals surface area contributed by atoms with Crippen LogP contribution < -0.4 is 5.32 Å². The van der Waals surface area contributed by atoms with E-state index in [9.17, 15) is 14.9 Å². The molecule has 0 unspecified atom stereocenters. The molecule has 0 aliphatic carbocycles. The van der Waals surface area contributed by atoms with Crippen molar-refractivity contribution >= 4 is 23.5 Å². The van der Waals surface area contributed by atoms with Gasteiger partial charge in [-0.1, -0.05) is 0 Å². The van der Waals surface area contributed by atoms with Crippen LogP contribution in [0.25, 0.3) is 6.08 Å². The SMILES string of the molecule is CC(C)n1nccc1NC(=O)C=Cc1ccc([N+](=O)[O-])cc1. The van der Waals surface area contributed by atoms with E-state index >= 15 is 0 Å². The molecule has 0 radical (unpaired) electrons. The van der Waals surface area contributed by atoms with Crippen molar-refractivity contribution in [3.8, 4) is 0 Å². The van der Waals surface area contributed by atoms with Gasteiger partial charge in [-0.25, -0.2) is 4.68 Å². The van der Waals surface area contributed by atoms with E-state index in [1.807, 2.05) is 13.8 Å². The number of non-ortho nitro benzene ring substituents is 1. The molecule has 0 fully saturated rings. The van der Waals surface area contributed by atoms with Gasteiger partial charge in [0.15, 0.2) is 0 Å². The lowest BCUT2D eigenvalue weighted by molar-refractivity contribution is -0.384. The summed E-state index contributed by atoms with van der Waals surface area (Å²) in [5, 5.41) is 17.4. The first-order valence-electron chi connectivity index (χ1n) is 6.74. The number of benzene rings is 1. The lowest BCUT2D eigenvalue weighted by Crippen LogP contribution is -2.14. The van der Waals surface area contributed by atoms with Gasteiger partial charge < -0.3 is 5.32 Å². The number of carbonyl (C=O) groups is 1. The van der Waals surface area contributed by atoms with Gasteiger partial charge in [0.25, 0.3) is 5.69 Å². The quantitative estimate of drug-likeness (QED) is 0.522. The summed E-state index contributed by atoms with van der Waals surface area (Å²) in [4.78, 5) is 22.0. The van der Waals surface area contributed by atoms with Crippen LogP contribution in [-0.2, 0) is 4.79 Å². The number of nitrogens with zero attached hydrogens (tertiary/aromatic N) is 3. The summed E-state index contributed by atoms with van der Waals surface area (Å²) in [6.07, 6.45) is 4.59. The maximum atomic E-state index is 11.9. The number of carbonyl (C=O) groups excluding carboxylic acids is 1. The number of hydrogen-bond donors (Lipinski definition) is 1. The highest BCUT2D eigenvalue weighted by atomic mass is 16.6. The molecule has 2 aromatic rings. The van der Waals surface area contributed by atoms with Crippen LogP contribution in [0.3, 0.4) is 0 Å². The molecule has 0 aliphatic rings. The molecule has 0 bridgehead atoms. The van der Waals surface area contributed by atoms with Gasteiger partial charge in [0, 0.05) is 30.3 Å². The first-order chi connectivity index (χ1) is 10.5. The molecule has 1 aromatic heterocycles. The predicted octanol–water partition coefficient (Wildman–Crippen LogP) is 3.02. The third-order valence-corrected chi connectivity index (χ3v) is 2.94. The van der Waals surface area contributed by atoms with Crippen LogP contribution in [0.5, 0.6) is 0 Å². The van der Waals surface area contributed by atoms with Gasteiger partial charge in [-0.15, -0.1) is 0 Å². The Balaban J connectivity index is 2.02. The number of nitro groups is 1. The summed E-state index contributed by atoms with van der Waals surface area (Å²) in [6.45, 7) is 3.94. The molecule has 0 saturated carbocycles. The van der Waals surface area contributed by atoms with E-state index in [0.29, 0.717) is 11.4 Å². The average molecular weight is 300 g/mol. The lowest BCUT2D eigenvalue weighted by atomic mass is 10.2. The highest BCUT2D eigenvalue weighted by molar-refractivity contribution is 6.01. The Hall–Kier alpha value is -2.96. The summed E-state index contributed by atoms with van der Waals surface area (Å²) in [5.74, 6) is 0.328. The Morgan fingerprint density at radius 2 is 2.00 bits per heavy atom. The van der Waals surface area contributed by atoms with Crippen molar-refractivity contribution in [3.63, 3.8) is 0 Å². The molecule has 7 heteroatoms. The molecule has 1 aromatic carbocycles. The molecule has 0 atom stereocenters. The number of nitrogens with one attached hydrogen (secondary N) is 1. The largest absolute Gasteiger partial charge is 0.307 e. The van der Waals surface area contributed by atoms with Crippen LogP contribution >= 0.6 is 0 Å². The smallest absolute Gasteiger partial charge is 0.269 e. The minimum absolute atomic E-state index is 0.0161. The third kappa shape index (κ3) is 3.78. The molecule has 1 N–H and O–H groups in total. The Labute approximate surface area is 127 Å². The van der Waals surface area contributed by atoms with Gasteiger partial charge in [0.05, 0.1) is 11.1 Å². The van der Waals surface area contributed by atoms with E-state index in [1.165, 1.54) is 18.2 Å². The van der Waals surface area contributed by atoms with Crippen molar-refractivity contribution in [2.75, 3.05) is 5.32 Å². The molecule has 7 nitrogen and oxygen atoms in total. The zero-order valence-corrected chi connectivity index (χ0v) is 12.3. The van der Waals surface area contributed by atoms with Crippen molar-refractivity contribution in [1.29, 1.82) is 0 Å². The number of hydrogen-bond acceptors (Lipinski definition) is 4. The van der Waals surface area contributed by atoms with Crippen molar-refractivity contribution < 1.29 is 9.72 Å².